The van der Waals surface area contributed by atoms with Gasteiger partial charge in [-0.3, -0.25) is 4.79 Å². The number of ether oxygens (including phenoxy) is 7. The van der Waals surface area contributed by atoms with Gasteiger partial charge in [-0.15, -0.1) is 0 Å². The number of benzene rings is 2. The van der Waals surface area contributed by atoms with Crippen LogP contribution < -0.4 is 18.9 Å². The van der Waals surface area contributed by atoms with Crippen LogP contribution in [-0.4, -0.2) is 58.7 Å². The summed E-state index contributed by atoms with van der Waals surface area (Å²) in [5.74, 6) is 0.863. The molecule has 1 aliphatic heterocycles. The standard InChI is InChI=1S/C21H24O9/c1-24-10-27-14-6-4-13(5-7-14)21-20(23)19(22)18-16(29-12-26-3)8-15(28-11-25-2)9-17(18)30-21/h4-9,20-21,23H,10-12H2,1-3H3/t20-,21+/m1/s1. The quantitative estimate of drug-likeness (QED) is 0.580. The van der Waals surface area contributed by atoms with Crippen molar-refractivity contribution in [3.8, 4) is 23.0 Å². The SMILES string of the molecule is COCOc1ccc([C@@H]2Oc3cc(OCOC)cc(OCOC)c3C(=O)[C@H]2O)cc1. The van der Waals surface area contributed by atoms with E-state index in [4.69, 9.17) is 33.2 Å². The largest absolute Gasteiger partial charge is 0.481 e. The number of hydrogen-bond donors (Lipinski definition) is 1. The number of aliphatic hydroxyl groups excluding tert-OH is 1. The molecule has 0 fully saturated rings. The van der Waals surface area contributed by atoms with Gasteiger partial charge in [-0.05, 0) is 17.7 Å². The topological polar surface area (TPSA) is 102 Å². The molecule has 0 amide bonds. The summed E-state index contributed by atoms with van der Waals surface area (Å²) in [6.07, 6.45) is -2.33. The first-order valence-corrected chi connectivity index (χ1v) is 9.11. The number of hydrogen-bond acceptors (Lipinski definition) is 9. The molecule has 162 valence electrons. The van der Waals surface area contributed by atoms with Crippen molar-refractivity contribution in [1.82, 2.24) is 0 Å². The summed E-state index contributed by atoms with van der Waals surface area (Å²) in [5, 5.41) is 10.6. The van der Waals surface area contributed by atoms with Crippen molar-refractivity contribution in [3.05, 3.63) is 47.5 Å². The average Bonchev–Trinajstić information content (AvgIpc) is 2.77. The number of carbonyl (C=O) groups is 1. The van der Waals surface area contributed by atoms with Crippen LogP contribution in [0.3, 0.4) is 0 Å². The van der Waals surface area contributed by atoms with Crippen LogP contribution >= 0.6 is 0 Å². The summed E-state index contributed by atoms with van der Waals surface area (Å²) >= 11 is 0. The Morgan fingerprint density at radius 2 is 1.47 bits per heavy atom. The van der Waals surface area contributed by atoms with Crippen LogP contribution in [0.4, 0.5) is 0 Å². The minimum Gasteiger partial charge on any atom is -0.481 e. The van der Waals surface area contributed by atoms with E-state index in [0.29, 0.717) is 17.1 Å². The van der Waals surface area contributed by atoms with E-state index in [1.54, 1.807) is 30.3 Å². The maximum atomic E-state index is 13.0. The molecule has 0 saturated heterocycles. The maximum Gasteiger partial charge on any atom is 0.202 e. The van der Waals surface area contributed by atoms with Crippen molar-refractivity contribution >= 4 is 5.78 Å². The molecule has 9 nitrogen and oxygen atoms in total. The van der Waals surface area contributed by atoms with Gasteiger partial charge < -0.3 is 38.3 Å². The highest BCUT2D eigenvalue weighted by molar-refractivity contribution is 6.05. The fraction of sp³-hybridized carbons (Fsp3) is 0.381. The Hall–Kier alpha value is -2.85. The van der Waals surface area contributed by atoms with Gasteiger partial charge in [-0.2, -0.15) is 0 Å². The second-order valence-corrected chi connectivity index (χ2v) is 6.36. The van der Waals surface area contributed by atoms with Gasteiger partial charge in [0, 0.05) is 33.5 Å². The van der Waals surface area contributed by atoms with Gasteiger partial charge in [0.05, 0.1) is 0 Å². The molecule has 0 saturated carbocycles. The number of rotatable bonds is 10. The Kier molecular flexibility index (Phi) is 7.47. The molecule has 2 atom stereocenters. The second-order valence-electron chi connectivity index (χ2n) is 6.36. The molecule has 0 aromatic heterocycles. The number of carbonyl (C=O) groups excluding carboxylic acids is 1. The molecule has 3 rings (SSSR count). The van der Waals surface area contributed by atoms with Crippen LogP contribution in [0, 0.1) is 0 Å². The summed E-state index contributed by atoms with van der Waals surface area (Å²) < 4.78 is 37.0. The molecule has 1 N–H and O–H groups in total. The Bertz CT molecular complexity index is 850. The van der Waals surface area contributed by atoms with Crippen LogP contribution in [0.2, 0.25) is 0 Å². The van der Waals surface area contributed by atoms with Crippen molar-refractivity contribution < 1.29 is 43.1 Å². The van der Waals surface area contributed by atoms with Crippen LogP contribution in [0.15, 0.2) is 36.4 Å². The van der Waals surface area contributed by atoms with Crippen molar-refractivity contribution in [3.63, 3.8) is 0 Å². The van der Waals surface area contributed by atoms with E-state index in [9.17, 15) is 9.90 Å². The minimum absolute atomic E-state index is 0.00540. The highest BCUT2D eigenvalue weighted by Gasteiger charge is 2.39. The smallest absolute Gasteiger partial charge is 0.202 e. The molecule has 0 spiro atoms. The first kappa shape index (κ1) is 21.8. The molecule has 0 bridgehead atoms. The van der Waals surface area contributed by atoms with E-state index >= 15 is 0 Å². The lowest BCUT2D eigenvalue weighted by Gasteiger charge is -2.31. The number of methoxy groups -OCH3 is 3. The summed E-state index contributed by atoms with van der Waals surface area (Å²) in [5.41, 5.74) is 0.731. The van der Waals surface area contributed by atoms with Gasteiger partial charge in [-0.1, -0.05) is 12.1 Å². The first-order chi connectivity index (χ1) is 14.6. The summed E-state index contributed by atoms with van der Waals surface area (Å²) in [6, 6.07) is 9.91. The van der Waals surface area contributed by atoms with Crippen molar-refractivity contribution in [2.24, 2.45) is 0 Å². The lowest BCUT2D eigenvalue weighted by atomic mass is 9.93. The monoisotopic (exact) mass is 420 g/mol. The van der Waals surface area contributed by atoms with Crippen LogP contribution in [0.5, 0.6) is 23.0 Å². The van der Waals surface area contributed by atoms with E-state index in [1.807, 2.05) is 0 Å². The average molecular weight is 420 g/mol. The fourth-order valence-electron chi connectivity index (χ4n) is 2.97. The Morgan fingerprint density at radius 1 is 0.867 bits per heavy atom. The van der Waals surface area contributed by atoms with Gasteiger partial charge in [-0.25, -0.2) is 0 Å². The Balaban J connectivity index is 1.92. The third kappa shape index (κ3) is 4.82. The molecule has 0 aliphatic carbocycles. The molecule has 0 radical (unpaired) electrons. The Labute approximate surface area is 174 Å². The van der Waals surface area contributed by atoms with Gasteiger partial charge >= 0.3 is 0 Å². The van der Waals surface area contributed by atoms with Crippen LogP contribution in [-0.2, 0) is 14.2 Å². The first-order valence-electron chi connectivity index (χ1n) is 9.11. The zero-order valence-corrected chi connectivity index (χ0v) is 17.0. The lowest BCUT2D eigenvalue weighted by molar-refractivity contribution is 0.0175. The summed E-state index contributed by atoms with van der Waals surface area (Å²) in [6.45, 7) is 0.0314. The maximum absolute atomic E-state index is 13.0. The molecule has 1 heterocycles. The van der Waals surface area contributed by atoms with E-state index < -0.39 is 18.0 Å². The number of ketones is 1. The highest BCUT2D eigenvalue weighted by Crippen LogP contribution is 2.42. The van der Waals surface area contributed by atoms with E-state index in [0.717, 1.165) is 0 Å². The van der Waals surface area contributed by atoms with Gasteiger partial charge in [0.25, 0.3) is 0 Å². The molecule has 9 heteroatoms. The molecule has 30 heavy (non-hydrogen) atoms. The molecule has 2 aromatic rings. The van der Waals surface area contributed by atoms with E-state index in [1.165, 1.54) is 27.4 Å². The fourth-order valence-corrected chi connectivity index (χ4v) is 2.97. The zero-order chi connectivity index (χ0) is 21.5. The molecule has 2 aromatic carbocycles. The second kappa shape index (κ2) is 10.3. The Morgan fingerprint density at radius 3 is 2.10 bits per heavy atom. The normalized spacial score (nSPS) is 17.8. The third-order valence-electron chi connectivity index (χ3n) is 4.32. The molecule has 1 aliphatic rings. The van der Waals surface area contributed by atoms with Crippen molar-refractivity contribution in [2.75, 3.05) is 41.7 Å². The van der Waals surface area contributed by atoms with Crippen molar-refractivity contribution in [2.45, 2.75) is 12.2 Å². The summed E-state index contributed by atoms with van der Waals surface area (Å²) in [7, 11) is 4.48. The van der Waals surface area contributed by atoms with E-state index in [2.05, 4.69) is 0 Å². The third-order valence-corrected chi connectivity index (χ3v) is 4.32. The van der Waals surface area contributed by atoms with Crippen LogP contribution in [0.1, 0.15) is 22.0 Å². The number of aliphatic hydroxyl groups is 1. The predicted octanol–water partition coefficient (Wildman–Crippen LogP) is 2.31. The zero-order valence-electron chi connectivity index (χ0n) is 17.0. The number of Topliss-reactive ketones (excluding diaryl/α,β-unsaturated/α-hetero) is 1. The van der Waals surface area contributed by atoms with Gasteiger partial charge in [0.2, 0.25) is 5.78 Å². The van der Waals surface area contributed by atoms with Crippen molar-refractivity contribution in [1.29, 1.82) is 0 Å². The molecule has 0 unspecified atom stereocenters. The lowest BCUT2D eigenvalue weighted by Crippen LogP contribution is -2.36. The predicted molar refractivity (Wildman–Crippen MR) is 104 cm³/mol. The summed E-state index contributed by atoms with van der Waals surface area (Å²) in [4.78, 5) is 13.0. The van der Waals surface area contributed by atoms with E-state index in [-0.39, 0.29) is 37.4 Å². The van der Waals surface area contributed by atoms with Crippen LogP contribution in [0.25, 0.3) is 0 Å². The molecular weight excluding hydrogens is 396 g/mol. The highest BCUT2D eigenvalue weighted by atomic mass is 16.7. The van der Waals surface area contributed by atoms with Gasteiger partial charge in [0.15, 0.2) is 32.6 Å². The molecular formula is C21H24O9. The number of fused-ring (bicyclic) bond motifs is 1. The van der Waals surface area contributed by atoms with Gasteiger partial charge in [0.1, 0.15) is 28.6 Å². The minimum atomic E-state index is -1.42.